The maximum Gasteiger partial charge on any atom is 0.0655 e. The lowest BCUT2D eigenvalue weighted by molar-refractivity contribution is 0.502. The van der Waals surface area contributed by atoms with Crippen molar-refractivity contribution < 1.29 is 0 Å². The van der Waals surface area contributed by atoms with Crippen molar-refractivity contribution in [3.63, 3.8) is 0 Å². The van der Waals surface area contributed by atoms with Gasteiger partial charge in [-0.05, 0) is 63.4 Å². The molecule has 4 heteroatoms. The van der Waals surface area contributed by atoms with E-state index in [4.69, 9.17) is 0 Å². The zero-order chi connectivity index (χ0) is 13.0. The predicted octanol–water partition coefficient (Wildman–Crippen LogP) is 4.18. The fourth-order valence-electron chi connectivity index (χ4n) is 2.53. The fourth-order valence-corrected chi connectivity index (χ4v) is 4.03. The Hall–Kier alpha value is -0.0600. The summed E-state index contributed by atoms with van der Waals surface area (Å²) in [7, 11) is 0. The zero-order valence-corrected chi connectivity index (χ0v) is 13.9. The van der Waals surface area contributed by atoms with Gasteiger partial charge in [-0.25, -0.2) is 0 Å². The molecule has 0 bridgehead atoms. The van der Waals surface area contributed by atoms with Crippen molar-refractivity contribution in [3.8, 4) is 0 Å². The maximum absolute atomic E-state index is 3.67. The van der Waals surface area contributed by atoms with Crippen LogP contribution in [0.1, 0.15) is 26.2 Å². The molecule has 1 atom stereocenters. The van der Waals surface area contributed by atoms with Gasteiger partial charge in [0.1, 0.15) is 0 Å². The molecular weight excluding hydrogens is 356 g/mol. The first kappa shape index (κ1) is 14.4. The van der Waals surface area contributed by atoms with Gasteiger partial charge >= 0.3 is 0 Å². The van der Waals surface area contributed by atoms with Gasteiger partial charge in [-0.15, -0.1) is 0 Å². The lowest BCUT2D eigenvalue weighted by atomic mass is 10.1. The average Bonchev–Trinajstić information content (AvgIpc) is 2.55. The van der Waals surface area contributed by atoms with Gasteiger partial charge < -0.3 is 10.2 Å². The van der Waals surface area contributed by atoms with Gasteiger partial charge in [0.25, 0.3) is 0 Å². The highest BCUT2D eigenvalue weighted by Crippen LogP contribution is 2.34. The second-order valence-corrected chi connectivity index (χ2v) is 6.52. The molecule has 0 amide bonds. The minimum absolute atomic E-state index is 0.608. The lowest BCUT2D eigenvalue weighted by Crippen LogP contribution is -2.37. The van der Waals surface area contributed by atoms with E-state index >= 15 is 0 Å². The monoisotopic (exact) mass is 374 g/mol. The van der Waals surface area contributed by atoms with E-state index in [1.807, 2.05) is 0 Å². The van der Waals surface area contributed by atoms with Gasteiger partial charge in [-0.1, -0.05) is 19.4 Å². The molecule has 1 N–H and O–H groups in total. The van der Waals surface area contributed by atoms with E-state index in [9.17, 15) is 0 Å². The minimum atomic E-state index is 0.608. The molecule has 0 aromatic heterocycles. The highest BCUT2D eigenvalue weighted by atomic mass is 79.9. The molecule has 2 rings (SSSR count). The van der Waals surface area contributed by atoms with Crippen molar-refractivity contribution in [1.82, 2.24) is 5.32 Å². The number of rotatable bonds is 3. The summed E-state index contributed by atoms with van der Waals surface area (Å²) in [6.45, 7) is 5.60. The first-order valence-electron chi connectivity index (χ1n) is 6.64. The van der Waals surface area contributed by atoms with Crippen molar-refractivity contribution in [2.24, 2.45) is 0 Å². The standard InChI is InChI=1S/C14H20Br2N2/c1-2-5-11-10-18(9-4-8-17-11)14-12(15)6-3-7-13(14)16/h3,6-7,11,17H,2,4-5,8-10H2,1H3. The summed E-state index contributed by atoms with van der Waals surface area (Å²) in [5.41, 5.74) is 1.29. The third kappa shape index (κ3) is 3.49. The van der Waals surface area contributed by atoms with Crippen LogP contribution in [0.4, 0.5) is 5.69 Å². The zero-order valence-electron chi connectivity index (χ0n) is 10.8. The predicted molar refractivity (Wildman–Crippen MR) is 85.4 cm³/mol. The summed E-state index contributed by atoms with van der Waals surface area (Å²) < 4.78 is 2.35. The average molecular weight is 376 g/mol. The first-order valence-corrected chi connectivity index (χ1v) is 8.23. The third-order valence-electron chi connectivity index (χ3n) is 3.37. The third-order valence-corrected chi connectivity index (χ3v) is 4.65. The Morgan fingerprint density at radius 3 is 2.72 bits per heavy atom. The quantitative estimate of drug-likeness (QED) is 0.852. The second kappa shape index (κ2) is 6.92. The Morgan fingerprint density at radius 1 is 1.33 bits per heavy atom. The maximum atomic E-state index is 3.67. The van der Waals surface area contributed by atoms with Crippen LogP contribution in [-0.4, -0.2) is 25.7 Å². The smallest absolute Gasteiger partial charge is 0.0655 e. The summed E-state index contributed by atoms with van der Waals surface area (Å²) in [5.74, 6) is 0. The highest BCUT2D eigenvalue weighted by molar-refractivity contribution is 9.11. The van der Waals surface area contributed by atoms with Gasteiger partial charge in [-0.3, -0.25) is 0 Å². The molecule has 0 aliphatic carbocycles. The number of para-hydroxylation sites is 1. The molecule has 0 radical (unpaired) electrons. The van der Waals surface area contributed by atoms with Crippen molar-refractivity contribution >= 4 is 37.5 Å². The van der Waals surface area contributed by atoms with Crippen molar-refractivity contribution in [2.75, 3.05) is 24.5 Å². The normalized spacial score (nSPS) is 20.8. The summed E-state index contributed by atoms with van der Waals surface area (Å²) in [5, 5.41) is 3.65. The van der Waals surface area contributed by atoms with E-state index in [0.29, 0.717) is 6.04 Å². The van der Waals surface area contributed by atoms with Crippen LogP contribution in [0.25, 0.3) is 0 Å². The van der Waals surface area contributed by atoms with Crippen molar-refractivity contribution in [2.45, 2.75) is 32.2 Å². The molecule has 2 nitrogen and oxygen atoms in total. The Morgan fingerprint density at radius 2 is 2.06 bits per heavy atom. The van der Waals surface area contributed by atoms with Crippen LogP contribution >= 0.6 is 31.9 Å². The molecule has 1 aromatic carbocycles. The topological polar surface area (TPSA) is 15.3 Å². The number of nitrogens with one attached hydrogen (secondary N) is 1. The fraction of sp³-hybridized carbons (Fsp3) is 0.571. The van der Waals surface area contributed by atoms with E-state index in [1.54, 1.807) is 0 Å². The summed E-state index contributed by atoms with van der Waals surface area (Å²) in [6, 6.07) is 6.91. The number of anilines is 1. The molecule has 1 aliphatic heterocycles. The molecule has 1 aromatic rings. The summed E-state index contributed by atoms with van der Waals surface area (Å²) >= 11 is 7.35. The number of halogens is 2. The van der Waals surface area contributed by atoms with E-state index < -0.39 is 0 Å². The van der Waals surface area contributed by atoms with Crippen LogP contribution < -0.4 is 10.2 Å². The molecule has 1 saturated heterocycles. The molecule has 18 heavy (non-hydrogen) atoms. The molecule has 100 valence electrons. The Labute approximate surface area is 126 Å². The van der Waals surface area contributed by atoms with Crippen LogP contribution in [0.15, 0.2) is 27.1 Å². The number of nitrogens with zero attached hydrogens (tertiary/aromatic N) is 1. The van der Waals surface area contributed by atoms with Crippen LogP contribution in [0.5, 0.6) is 0 Å². The number of hydrogen-bond acceptors (Lipinski definition) is 2. The molecule has 1 unspecified atom stereocenters. The molecule has 1 fully saturated rings. The van der Waals surface area contributed by atoms with Crippen LogP contribution in [-0.2, 0) is 0 Å². The SMILES string of the molecule is CCCC1CN(c2c(Br)cccc2Br)CCCN1. The van der Waals surface area contributed by atoms with E-state index in [-0.39, 0.29) is 0 Å². The number of benzene rings is 1. The van der Waals surface area contributed by atoms with Crippen molar-refractivity contribution in [3.05, 3.63) is 27.1 Å². The Balaban J connectivity index is 2.20. The molecule has 0 spiro atoms. The van der Waals surface area contributed by atoms with Gasteiger partial charge in [0, 0.05) is 28.1 Å². The van der Waals surface area contributed by atoms with Gasteiger partial charge in [0.2, 0.25) is 0 Å². The van der Waals surface area contributed by atoms with Gasteiger partial charge in [-0.2, -0.15) is 0 Å². The molecule has 0 saturated carbocycles. The lowest BCUT2D eigenvalue weighted by Gasteiger charge is -2.28. The van der Waals surface area contributed by atoms with E-state index in [0.717, 1.165) is 19.6 Å². The first-order chi connectivity index (χ1) is 8.72. The van der Waals surface area contributed by atoms with Gasteiger partial charge in [0.05, 0.1) is 5.69 Å². The largest absolute Gasteiger partial charge is 0.368 e. The van der Waals surface area contributed by atoms with E-state index in [2.05, 4.69) is 67.2 Å². The Kier molecular flexibility index (Phi) is 5.52. The molecule has 1 heterocycles. The highest BCUT2D eigenvalue weighted by Gasteiger charge is 2.20. The Bertz CT molecular complexity index is 375. The second-order valence-electron chi connectivity index (χ2n) is 4.81. The van der Waals surface area contributed by atoms with Crippen LogP contribution in [0.2, 0.25) is 0 Å². The van der Waals surface area contributed by atoms with E-state index in [1.165, 1.54) is 33.9 Å². The van der Waals surface area contributed by atoms with Crippen molar-refractivity contribution in [1.29, 1.82) is 0 Å². The summed E-state index contributed by atoms with van der Waals surface area (Å²) in [4.78, 5) is 2.49. The summed E-state index contributed by atoms with van der Waals surface area (Å²) in [6.07, 6.45) is 3.69. The minimum Gasteiger partial charge on any atom is -0.368 e. The van der Waals surface area contributed by atoms with Crippen LogP contribution in [0, 0.1) is 0 Å². The number of hydrogen-bond donors (Lipinski definition) is 1. The van der Waals surface area contributed by atoms with Crippen LogP contribution in [0.3, 0.4) is 0 Å². The molecule has 1 aliphatic rings. The molecular formula is C14H20Br2N2. The van der Waals surface area contributed by atoms with Gasteiger partial charge in [0.15, 0.2) is 0 Å².